The number of ether oxygens (including phenoxy) is 1. The molecule has 134 valence electrons. The summed E-state index contributed by atoms with van der Waals surface area (Å²) in [5.74, 6) is -1.43. The highest BCUT2D eigenvalue weighted by molar-refractivity contribution is 5.93. The van der Waals surface area contributed by atoms with Crippen LogP contribution in [0.5, 0.6) is 0 Å². The first-order chi connectivity index (χ1) is 11.9. The zero-order valence-electron chi connectivity index (χ0n) is 12.9. The molecule has 0 saturated carbocycles. The molecular formula is C16H14F4N2O3. The molecule has 1 aliphatic heterocycles. The quantitative estimate of drug-likeness (QED) is 0.848. The zero-order valence-corrected chi connectivity index (χ0v) is 12.9. The Morgan fingerprint density at radius 2 is 2.16 bits per heavy atom. The number of benzene rings is 1. The standard InChI is InChI=1S/C16H14F4N2O3/c17-10-4-3-9(11(6-10)16(18,19)20)7-21-15(23)13-14(25-8-22-13)12-2-1-5-24-12/h3-4,6,8,12H,1-2,5,7H2,(H,21,23)/t12-/m1/s1. The number of nitrogens with one attached hydrogen (secondary N) is 1. The number of hydrogen-bond acceptors (Lipinski definition) is 4. The maximum absolute atomic E-state index is 13.1. The van der Waals surface area contributed by atoms with E-state index in [2.05, 4.69) is 10.3 Å². The van der Waals surface area contributed by atoms with Gasteiger partial charge in [0.2, 0.25) is 0 Å². The molecule has 25 heavy (non-hydrogen) atoms. The third kappa shape index (κ3) is 3.81. The summed E-state index contributed by atoms with van der Waals surface area (Å²) in [7, 11) is 0. The molecule has 0 unspecified atom stereocenters. The van der Waals surface area contributed by atoms with Crippen molar-refractivity contribution < 1.29 is 31.5 Å². The molecule has 0 bridgehead atoms. The Morgan fingerprint density at radius 1 is 1.36 bits per heavy atom. The van der Waals surface area contributed by atoms with Gasteiger partial charge in [-0.15, -0.1) is 0 Å². The van der Waals surface area contributed by atoms with E-state index in [1.165, 1.54) is 0 Å². The topological polar surface area (TPSA) is 64.4 Å². The summed E-state index contributed by atoms with van der Waals surface area (Å²) in [5.41, 5.74) is -1.40. The van der Waals surface area contributed by atoms with Crippen LogP contribution in [0.3, 0.4) is 0 Å². The van der Waals surface area contributed by atoms with E-state index in [0.29, 0.717) is 19.1 Å². The highest BCUT2D eigenvalue weighted by atomic mass is 19.4. The number of carbonyl (C=O) groups is 1. The van der Waals surface area contributed by atoms with E-state index in [4.69, 9.17) is 9.15 Å². The van der Waals surface area contributed by atoms with Gasteiger partial charge < -0.3 is 14.5 Å². The van der Waals surface area contributed by atoms with Crippen molar-refractivity contribution in [1.29, 1.82) is 0 Å². The molecule has 3 rings (SSSR count). The maximum Gasteiger partial charge on any atom is 0.416 e. The Labute approximate surface area is 140 Å². The Hall–Kier alpha value is -2.42. The third-order valence-corrected chi connectivity index (χ3v) is 3.85. The molecule has 1 amide bonds. The van der Waals surface area contributed by atoms with Gasteiger partial charge in [-0.25, -0.2) is 9.37 Å². The Morgan fingerprint density at radius 3 is 2.84 bits per heavy atom. The molecule has 0 spiro atoms. The molecule has 0 aliphatic carbocycles. The summed E-state index contributed by atoms with van der Waals surface area (Å²) >= 11 is 0. The van der Waals surface area contributed by atoms with Gasteiger partial charge in [-0.05, 0) is 30.5 Å². The minimum absolute atomic E-state index is 0.0254. The van der Waals surface area contributed by atoms with Crippen LogP contribution < -0.4 is 5.32 Å². The lowest BCUT2D eigenvalue weighted by Crippen LogP contribution is -2.26. The number of aromatic nitrogens is 1. The first-order valence-corrected chi connectivity index (χ1v) is 7.55. The van der Waals surface area contributed by atoms with Crippen molar-refractivity contribution in [3.05, 3.63) is 53.0 Å². The van der Waals surface area contributed by atoms with Crippen molar-refractivity contribution in [1.82, 2.24) is 10.3 Å². The van der Waals surface area contributed by atoms with Gasteiger partial charge in [0, 0.05) is 13.2 Å². The summed E-state index contributed by atoms with van der Waals surface area (Å²) in [6.45, 7) is 0.114. The number of hydrogen-bond donors (Lipinski definition) is 1. The molecule has 2 heterocycles. The van der Waals surface area contributed by atoms with Gasteiger partial charge in [0.05, 0.1) is 5.56 Å². The molecule has 5 nitrogen and oxygen atoms in total. The average Bonchev–Trinajstić information content (AvgIpc) is 3.23. The van der Waals surface area contributed by atoms with Crippen molar-refractivity contribution in [2.24, 2.45) is 0 Å². The SMILES string of the molecule is O=C(NCc1ccc(F)cc1C(F)(F)F)c1ncoc1[C@H]1CCCO1. The summed E-state index contributed by atoms with van der Waals surface area (Å²) < 4.78 is 62.6. The highest BCUT2D eigenvalue weighted by Gasteiger charge is 2.34. The fourth-order valence-corrected chi connectivity index (χ4v) is 2.66. The lowest BCUT2D eigenvalue weighted by Gasteiger charge is -2.13. The van der Waals surface area contributed by atoms with Crippen LogP contribution in [-0.2, 0) is 17.5 Å². The number of nitrogens with zero attached hydrogens (tertiary/aromatic N) is 1. The number of oxazole rings is 1. The summed E-state index contributed by atoms with van der Waals surface area (Å²) in [6, 6.07) is 2.29. The number of alkyl halides is 3. The molecule has 1 saturated heterocycles. The number of carbonyl (C=O) groups excluding carboxylic acids is 1. The largest absolute Gasteiger partial charge is 0.445 e. The predicted octanol–water partition coefficient (Wildman–Crippen LogP) is 3.61. The van der Waals surface area contributed by atoms with Gasteiger partial charge in [0.1, 0.15) is 11.9 Å². The smallest absolute Gasteiger partial charge is 0.416 e. The van der Waals surface area contributed by atoms with Gasteiger partial charge >= 0.3 is 6.18 Å². The van der Waals surface area contributed by atoms with Gasteiger partial charge in [-0.2, -0.15) is 13.2 Å². The van der Waals surface area contributed by atoms with E-state index in [1.54, 1.807) is 0 Å². The Kier molecular flexibility index (Phi) is 4.76. The van der Waals surface area contributed by atoms with Crippen LogP contribution in [0.4, 0.5) is 17.6 Å². The molecule has 1 aromatic heterocycles. The lowest BCUT2D eigenvalue weighted by atomic mass is 10.1. The predicted molar refractivity (Wildman–Crippen MR) is 77.0 cm³/mol. The molecule has 9 heteroatoms. The second kappa shape index (κ2) is 6.83. The van der Waals surface area contributed by atoms with E-state index in [-0.39, 0.29) is 23.1 Å². The van der Waals surface area contributed by atoms with Crippen molar-refractivity contribution in [2.75, 3.05) is 6.61 Å². The van der Waals surface area contributed by atoms with Crippen LogP contribution in [0, 0.1) is 5.82 Å². The second-order valence-corrected chi connectivity index (χ2v) is 5.55. The van der Waals surface area contributed by atoms with Crippen LogP contribution >= 0.6 is 0 Å². The number of rotatable bonds is 4. The summed E-state index contributed by atoms with van der Waals surface area (Å²) in [5, 5.41) is 2.36. The van der Waals surface area contributed by atoms with Crippen molar-refractivity contribution in [2.45, 2.75) is 31.7 Å². The van der Waals surface area contributed by atoms with E-state index in [9.17, 15) is 22.4 Å². The molecule has 1 N–H and O–H groups in total. The molecule has 1 aliphatic rings. The summed E-state index contributed by atoms with van der Waals surface area (Å²) in [4.78, 5) is 16.1. The van der Waals surface area contributed by atoms with Crippen LogP contribution in [0.25, 0.3) is 0 Å². The molecule has 1 aromatic carbocycles. The lowest BCUT2D eigenvalue weighted by molar-refractivity contribution is -0.138. The molecule has 0 radical (unpaired) electrons. The van der Waals surface area contributed by atoms with Gasteiger partial charge in [0.25, 0.3) is 5.91 Å². The monoisotopic (exact) mass is 358 g/mol. The van der Waals surface area contributed by atoms with Crippen molar-refractivity contribution in [3.63, 3.8) is 0 Å². The van der Waals surface area contributed by atoms with Crippen LogP contribution in [-0.4, -0.2) is 17.5 Å². The van der Waals surface area contributed by atoms with E-state index < -0.39 is 30.0 Å². The van der Waals surface area contributed by atoms with Crippen molar-refractivity contribution in [3.8, 4) is 0 Å². The molecule has 1 fully saturated rings. The second-order valence-electron chi connectivity index (χ2n) is 5.55. The van der Waals surface area contributed by atoms with Gasteiger partial charge in [-0.1, -0.05) is 6.07 Å². The third-order valence-electron chi connectivity index (χ3n) is 3.85. The fourth-order valence-electron chi connectivity index (χ4n) is 2.66. The first kappa shape index (κ1) is 17.4. The minimum atomic E-state index is -4.72. The minimum Gasteiger partial charge on any atom is -0.445 e. The van der Waals surface area contributed by atoms with Gasteiger partial charge in [-0.3, -0.25) is 4.79 Å². The van der Waals surface area contributed by atoms with E-state index in [1.807, 2.05) is 0 Å². The van der Waals surface area contributed by atoms with Crippen LogP contribution in [0.1, 0.15) is 46.3 Å². The number of halogens is 4. The Balaban J connectivity index is 1.75. The molecular weight excluding hydrogens is 344 g/mol. The van der Waals surface area contributed by atoms with E-state index in [0.717, 1.165) is 24.9 Å². The normalized spacial score (nSPS) is 17.7. The number of amides is 1. The van der Waals surface area contributed by atoms with Crippen LogP contribution in [0.2, 0.25) is 0 Å². The Bertz CT molecular complexity index is 767. The highest BCUT2D eigenvalue weighted by Crippen LogP contribution is 2.33. The average molecular weight is 358 g/mol. The first-order valence-electron chi connectivity index (χ1n) is 7.55. The fraction of sp³-hybridized carbons (Fsp3) is 0.375. The molecule has 2 aromatic rings. The van der Waals surface area contributed by atoms with Gasteiger partial charge in [0.15, 0.2) is 17.8 Å². The van der Waals surface area contributed by atoms with E-state index >= 15 is 0 Å². The van der Waals surface area contributed by atoms with Crippen molar-refractivity contribution >= 4 is 5.91 Å². The summed E-state index contributed by atoms with van der Waals surface area (Å²) in [6.07, 6.45) is -2.54. The zero-order chi connectivity index (χ0) is 18.0. The van der Waals surface area contributed by atoms with Crippen LogP contribution in [0.15, 0.2) is 29.0 Å². The molecule has 1 atom stereocenters. The maximum atomic E-state index is 13.1.